The standard InChI is InChI=1S/C14H18FNO3/c1-19-12-4-3-10(7-11(12)15)8-16-9-14(13(17)18)5-2-6-14/h3-4,7,16H,2,5-6,8-9H2,1H3,(H,17,18). The summed E-state index contributed by atoms with van der Waals surface area (Å²) in [6.07, 6.45) is 2.39. The van der Waals surface area contributed by atoms with Crippen LogP contribution in [0.1, 0.15) is 24.8 Å². The van der Waals surface area contributed by atoms with E-state index in [0.717, 1.165) is 12.0 Å². The molecule has 2 N–H and O–H groups in total. The van der Waals surface area contributed by atoms with Gasteiger partial charge in [-0.05, 0) is 30.5 Å². The van der Waals surface area contributed by atoms with E-state index in [2.05, 4.69) is 5.32 Å². The summed E-state index contributed by atoms with van der Waals surface area (Å²) >= 11 is 0. The second-order valence-corrected chi connectivity index (χ2v) is 5.01. The molecule has 0 aromatic heterocycles. The number of hydrogen-bond donors (Lipinski definition) is 2. The lowest BCUT2D eigenvalue weighted by Crippen LogP contribution is -2.45. The second kappa shape index (κ2) is 5.57. The van der Waals surface area contributed by atoms with Crippen molar-refractivity contribution in [2.45, 2.75) is 25.8 Å². The molecule has 0 unspecified atom stereocenters. The third kappa shape index (κ3) is 2.87. The van der Waals surface area contributed by atoms with E-state index in [4.69, 9.17) is 4.74 Å². The molecule has 4 nitrogen and oxygen atoms in total. The molecule has 0 bridgehead atoms. The van der Waals surface area contributed by atoms with Crippen LogP contribution in [0.3, 0.4) is 0 Å². The molecule has 0 aliphatic heterocycles. The third-order valence-corrected chi connectivity index (χ3v) is 3.77. The van der Waals surface area contributed by atoms with Crippen molar-refractivity contribution in [1.29, 1.82) is 0 Å². The van der Waals surface area contributed by atoms with Crippen LogP contribution in [-0.2, 0) is 11.3 Å². The van der Waals surface area contributed by atoms with Crippen LogP contribution in [-0.4, -0.2) is 24.7 Å². The van der Waals surface area contributed by atoms with Crippen LogP contribution in [0, 0.1) is 11.2 Å². The Morgan fingerprint density at radius 2 is 2.26 bits per heavy atom. The van der Waals surface area contributed by atoms with Gasteiger partial charge in [0.25, 0.3) is 0 Å². The number of rotatable bonds is 6. The Kier molecular flexibility index (Phi) is 4.04. The molecule has 1 fully saturated rings. The second-order valence-electron chi connectivity index (χ2n) is 5.01. The number of carboxylic acid groups (broad SMARTS) is 1. The third-order valence-electron chi connectivity index (χ3n) is 3.77. The van der Waals surface area contributed by atoms with E-state index in [9.17, 15) is 14.3 Å². The Hall–Kier alpha value is -1.62. The zero-order valence-corrected chi connectivity index (χ0v) is 10.9. The molecule has 0 heterocycles. The van der Waals surface area contributed by atoms with Gasteiger partial charge < -0.3 is 15.2 Å². The smallest absolute Gasteiger partial charge is 0.310 e. The van der Waals surface area contributed by atoms with Gasteiger partial charge in [-0.25, -0.2) is 4.39 Å². The van der Waals surface area contributed by atoms with Crippen molar-refractivity contribution in [1.82, 2.24) is 5.32 Å². The number of hydrogen-bond acceptors (Lipinski definition) is 3. The van der Waals surface area contributed by atoms with Crippen LogP contribution in [0.5, 0.6) is 5.75 Å². The zero-order chi connectivity index (χ0) is 13.9. The quantitative estimate of drug-likeness (QED) is 0.829. The molecular weight excluding hydrogens is 249 g/mol. The van der Waals surface area contributed by atoms with Crippen LogP contribution < -0.4 is 10.1 Å². The number of carbonyl (C=O) groups is 1. The first-order valence-electron chi connectivity index (χ1n) is 6.34. The van der Waals surface area contributed by atoms with Gasteiger partial charge in [-0.1, -0.05) is 12.5 Å². The van der Waals surface area contributed by atoms with E-state index in [0.29, 0.717) is 25.9 Å². The van der Waals surface area contributed by atoms with Gasteiger partial charge >= 0.3 is 5.97 Å². The van der Waals surface area contributed by atoms with Crippen LogP contribution in [0.25, 0.3) is 0 Å². The summed E-state index contributed by atoms with van der Waals surface area (Å²) in [7, 11) is 1.42. The Morgan fingerprint density at radius 1 is 1.53 bits per heavy atom. The maximum absolute atomic E-state index is 13.5. The monoisotopic (exact) mass is 267 g/mol. The lowest BCUT2D eigenvalue weighted by Gasteiger charge is -2.37. The summed E-state index contributed by atoms with van der Waals surface area (Å²) in [6.45, 7) is 0.881. The van der Waals surface area contributed by atoms with Crippen molar-refractivity contribution in [3.63, 3.8) is 0 Å². The number of aliphatic carboxylic acids is 1. The molecule has 1 aromatic carbocycles. The fourth-order valence-corrected chi connectivity index (χ4v) is 2.34. The Balaban J connectivity index is 1.89. The summed E-state index contributed by atoms with van der Waals surface area (Å²) in [5.74, 6) is -0.935. The summed E-state index contributed by atoms with van der Waals surface area (Å²) in [4.78, 5) is 11.2. The van der Waals surface area contributed by atoms with E-state index in [1.165, 1.54) is 13.2 Å². The van der Waals surface area contributed by atoms with E-state index in [1.807, 2.05) is 0 Å². The molecule has 2 rings (SSSR count). The molecule has 1 aliphatic carbocycles. The number of carboxylic acids is 1. The maximum atomic E-state index is 13.5. The predicted molar refractivity (Wildman–Crippen MR) is 68.6 cm³/mol. The highest BCUT2D eigenvalue weighted by Gasteiger charge is 2.43. The number of benzene rings is 1. The van der Waals surface area contributed by atoms with Crippen molar-refractivity contribution < 1.29 is 19.0 Å². The maximum Gasteiger partial charge on any atom is 0.310 e. The van der Waals surface area contributed by atoms with Crippen molar-refractivity contribution >= 4 is 5.97 Å². The normalized spacial score (nSPS) is 16.7. The molecule has 0 spiro atoms. The van der Waals surface area contributed by atoms with Crippen molar-refractivity contribution in [3.05, 3.63) is 29.6 Å². The average molecular weight is 267 g/mol. The zero-order valence-electron chi connectivity index (χ0n) is 10.9. The number of methoxy groups -OCH3 is 1. The van der Waals surface area contributed by atoms with E-state index >= 15 is 0 Å². The van der Waals surface area contributed by atoms with Gasteiger partial charge in [-0.2, -0.15) is 0 Å². The Bertz CT molecular complexity index is 472. The number of nitrogens with one attached hydrogen (secondary N) is 1. The highest BCUT2D eigenvalue weighted by atomic mass is 19.1. The summed E-state index contributed by atoms with van der Waals surface area (Å²) in [6, 6.07) is 4.74. The van der Waals surface area contributed by atoms with Crippen LogP contribution in [0.2, 0.25) is 0 Å². The van der Waals surface area contributed by atoms with Gasteiger partial charge in [0, 0.05) is 13.1 Å². The van der Waals surface area contributed by atoms with E-state index < -0.39 is 17.2 Å². The number of halogens is 1. The minimum Gasteiger partial charge on any atom is -0.494 e. The van der Waals surface area contributed by atoms with Gasteiger partial charge in [0.2, 0.25) is 0 Å². The van der Waals surface area contributed by atoms with E-state index in [1.54, 1.807) is 12.1 Å². The Labute approximate surface area is 111 Å². The molecule has 0 amide bonds. The minimum absolute atomic E-state index is 0.213. The first kappa shape index (κ1) is 13.8. The molecule has 5 heteroatoms. The average Bonchev–Trinajstić information content (AvgIpc) is 2.32. The molecule has 104 valence electrons. The van der Waals surface area contributed by atoms with Crippen LogP contribution in [0.15, 0.2) is 18.2 Å². The van der Waals surface area contributed by atoms with E-state index in [-0.39, 0.29) is 5.75 Å². The van der Waals surface area contributed by atoms with Crippen molar-refractivity contribution in [2.24, 2.45) is 5.41 Å². The highest BCUT2D eigenvalue weighted by molar-refractivity contribution is 5.76. The first-order valence-corrected chi connectivity index (χ1v) is 6.34. The molecule has 0 radical (unpaired) electrons. The topological polar surface area (TPSA) is 58.6 Å². The summed E-state index contributed by atoms with van der Waals surface area (Å²) < 4.78 is 18.3. The van der Waals surface area contributed by atoms with Gasteiger partial charge in [0.15, 0.2) is 11.6 Å². The Morgan fingerprint density at radius 3 is 2.74 bits per heavy atom. The summed E-state index contributed by atoms with van der Waals surface area (Å²) in [5, 5.41) is 12.3. The van der Waals surface area contributed by atoms with Gasteiger partial charge in [0.1, 0.15) is 0 Å². The lowest BCUT2D eigenvalue weighted by atomic mass is 9.69. The van der Waals surface area contributed by atoms with Gasteiger partial charge in [-0.15, -0.1) is 0 Å². The summed E-state index contributed by atoms with van der Waals surface area (Å²) in [5.41, 5.74) is 0.156. The van der Waals surface area contributed by atoms with Gasteiger partial charge in [0.05, 0.1) is 12.5 Å². The lowest BCUT2D eigenvalue weighted by molar-refractivity contribution is -0.154. The molecule has 0 atom stereocenters. The SMILES string of the molecule is COc1ccc(CNCC2(C(=O)O)CCC2)cc1F. The fourth-order valence-electron chi connectivity index (χ4n) is 2.34. The van der Waals surface area contributed by atoms with Crippen molar-refractivity contribution in [2.75, 3.05) is 13.7 Å². The molecule has 1 aromatic rings. The number of ether oxygens (including phenoxy) is 1. The van der Waals surface area contributed by atoms with Crippen molar-refractivity contribution in [3.8, 4) is 5.75 Å². The largest absolute Gasteiger partial charge is 0.494 e. The first-order chi connectivity index (χ1) is 9.07. The molecule has 19 heavy (non-hydrogen) atoms. The molecule has 1 aliphatic rings. The fraction of sp³-hybridized carbons (Fsp3) is 0.500. The molecule has 1 saturated carbocycles. The van der Waals surface area contributed by atoms with Crippen LogP contribution >= 0.6 is 0 Å². The molecule has 0 saturated heterocycles. The molecular formula is C14H18FNO3. The van der Waals surface area contributed by atoms with Crippen LogP contribution in [0.4, 0.5) is 4.39 Å². The van der Waals surface area contributed by atoms with Gasteiger partial charge in [-0.3, -0.25) is 4.79 Å². The predicted octanol–water partition coefficient (Wildman–Crippen LogP) is 2.18. The highest BCUT2D eigenvalue weighted by Crippen LogP contribution is 2.40. The minimum atomic E-state index is -0.743.